The average molecular weight is 718 g/mol. The number of terminal acetylenes is 1. The maximum Gasteiger partial charge on any atom is 0.226 e. The van der Waals surface area contributed by atoms with Crippen LogP contribution in [0.15, 0.2) is 36.4 Å². The van der Waals surface area contributed by atoms with Crippen molar-refractivity contribution in [2.24, 2.45) is 29.0 Å². The monoisotopic (exact) mass is 717 g/mol. The Balaban J connectivity index is 2.27. The Kier molecular flexibility index (Phi) is 17.0. The number of likely N-dealkylation sites (N-methyl/N-ethyl adjacent to an activating group) is 1. The molecule has 2 amide bonds. The third-order valence-electron chi connectivity index (χ3n) is 9.18. The Morgan fingerprint density at radius 3 is 2.21 bits per heavy atom. The van der Waals surface area contributed by atoms with Gasteiger partial charge in [0.25, 0.3) is 0 Å². The van der Waals surface area contributed by atoms with Crippen LogP contribution in [-0.2, 0) is 30.4 Å². The zero-order valence-corrected chi connectivity index (χ0v) is 30.8. The number of ether oxygens (including phenoxy) is 2. The van der Waals surface area contributed by atoms with Crippen molar-refractivity contribution in [3.63, 3.8) is 0 Å². The maximum atomic E-state index is 14.4. The van der Waals surface area contributed by atoms with Gasteiger partial charge in [0.15, 0.2) is 11.6 Å². The first-order valence-corrected chi connectivity index (χ1v) is 18.1. The second kappa shape index (κ2) is 21.1. The highest BCUT2D eigenvalue weighted by molar-refractivity contribution is 5.96. The SMILES string of the molecule is C#CCCCC(=O)[C@@H]1Cc2ccc(OCCN)c(c2)-c2cc(ccc2OCCN)[C@H](N(C)C(=O)[C@H](CCCCN)CC(C)=O)C(=O)C[C@@H](C)C(=O)N1. The van der Waals surface area contributed by atoms with Crippen molar-refractivity contribution in [1.82, 2.24) is 10.2 Å². The highest BCUT2D eigenvalue weighted by atomic mass is 16.5. The van der Waals surface area contributed by atoms with E-state index in [4.69, 9.17) is 33.1 Å². The lowest BCUT2D eigenvalue weighted by molar-refractivity contribution is -0.143. The van der Waals surface area contributed by atoms with E-state index in [0.717, 1.165) is 5.56 Å². The third-order valence-corrected chi connectivity index (χ3v) is 9.18. The molecule has 0 radical (unpaired) electrons. The molecule has 0 fully saturated rings. The lowest BCUT2D eigenvalue weighted by Crippen LogP contribution is -2.45. The fraction of sp³-hybridized carbons (Fsp3) is 0.525. The van der Waals surface area contributed by atoms with E-state index >= 15 is 0 Å². The molecule has 0 unspecified atom stereocenters. The summed E-state index contributed by atoms with van der Waals surface area (Å²) < 4.78 is 12.2. The van der Waals surface area contributed by atoms with Gasteiger partial charge in [-0.3, -0.25) is 19.2 Å². The van der Waals surface area contributed by atoms with Gasteiger partial charge in [0.05, 0.1) is 6.04 Å². The molecule has 1 heterocycles. The molecule has 0 aromatic heterocycles. The van der Waals surface area contributed by atoms with Crippen LogP contribution in [0.25, 0.3) is 11.1 Å². The summed E-state index contributed by atoms with van der Waals surface area (Å²) in [5.41, 5.74) is 19.7. The maximum absolute atomic E-state index is 14.4. The van der Waals surface area contributed by atoms with Crippen molar-refractivity contribution in [3.05, 3.63) is 47.5 Å². The van der Waals surface area contributed by atoms with Crippen LogP contribution in [0.1, 0.15) is 82.4 Å². The number of carbonyl (C=O) groups is 5. The van der Waals surface area contributed by atoms with Crippen molar-refractivity contribution < 1.29 is 33.4 Å². The molecule has 4 bridgehead atoms. The predicted octanol–water partition coefficient (Wildman–Crippen LogP) is 3.26. The number of nitrogens with one attached hydrogen (secondary N) is 1. The van der Waals surface area contributed by atoms with Crippen molar-refractivity contribution in [1.29, 1.82) is 0 Å². The van der Waals surface area contributed by atoms with Crippen molar-refractivity contribution in [2.75, 3.05) is 39.9 Å². The largest absolute Gasteiger partial charge is 0.492 e. The summed E-state index contributed by atoms with van der Waals surface area (Å²) in [6, 6.07) is 8.73. The number of hydrogen-bond donors (Lipinski definition) is 4. The van der Waals surface area contributed by atoms with Gasteiger partial charge in [-0.15, -0.1) is 12.3 Å². The third kappa shape index (κ3) is 11.7. The molecule has 0 saturated heterocycles. The second-order valence-electron chi connectivity index (χ2n) is 13.5. The van der Waals surface area contributed by atoms with Gasteiger partial charge in [0.2, 0.25) is 11.8 Å². The van der Waals surface area contributed by atoms with E-state index in [9.17, 15) is 24.0 Å². The fourth-order valence-electron chi connectivity index (χ4n) is 6.51. The molecule has 7 N–H and O–H groups in total. The molecule has 0 spiro atoms. The van der Waals surface area contributed by atoms with Gasteiger partial charge in [0.1, 0.15) is 36.5 Å². The van der Waals surface area contributed by atoms with Gasteiger partial charge in [-0.2, -0.15) is 0 Å². The second-order valence-corrected chi connectivity index (χ2v) is 13.5. The number of unbranched alkanes of at least 4 members (excludes halogenated alkanes) is 2. The van der Waals surface area contributed by atoms with Gasteiger partial charge >= 0.3 is 0 Å². The average Bonchev–Trinajstić information content (AvgIpc) is 3.12. The molecular weight excluding hydrogens is 662 g/mol. The predicted molar refractivity (Wildman–Crippen MR) is 200 cm³/mol. The molecule has 4 atom stereocenters. The Hall–Kier alpha value is -4.57. The van der Waals surface area contributed by atoms with Gasteiger partial charge in [-0.05, 0) is 74.5 Å². The molecule has 2 aromatic rings. The number of amides is 2. The Bertz CT molecular complexity index is 1600. The minimum Gasteiger partial charge on any atom is -0.492 e. The van der Waals surface area contributed by atoms with E-state index < -0.39 is 29.8 Å². The quantitative estimate of drug-likeness (QED) is 0.131. The first-order valence-electron chi connectivity index (χ1n) is 18.1. The summed E-state index contributed by atoms with van der Waals surface area (Å²) in [6.07, 6.45) is 8.25. The van der Waals surface area contributed by atoms with Gasteiger partial charge in [-0.1, -0.05) is 25.5 Å². The molecule has 1 aliphatic heterocycles. The lowest BCUT2D eigenvalue weighted by atomic mass is 9.88. The molecule has 2 aromatic carbocycles. The van der Waals surface area contributed by atoms with E-state index in [1.54, 1.807) is 38.2 Å². The topological polar surface area (TPSA) is 197 Å². The number of carbonyl (C=O) groups excluding carboxylic acids is 5. The van der Waals surface area contributed by atoms with Crippen LogP contribution in [0.4, 0.5) is 0 Å². The van der Waals surface area contributed by atoms with Crippen molar-refractivity contribution >= 4 is 29.2 Å². The summed E-state index contributed by atoms with van der Waals surface area (Å²) in [4.78, 5) is 69.4. The van der Waals surface area contributed by atoms with Crippen LogP contribution in [0, 0.1) is 24.2 Å². The van der Waals surface area contributed by atoms with E-state index in [1.165, 1.54) is 11.8 Å². The highest BCUT2D eigenvalue weighted by Crippen LogP contribution is 2.41. The van der Waals surface area contributed by atoms with Gasteiger partial charge < -0.3 is 41.7 Å². The molecule has 3 rings (SSSR count). The number of hydrogen-bond acceptors (Lipinski definition) is 10. The van der Waals surface area contributed by atoms with E-state index in [2.05, 4.69) is 11.2 Å². The van der Waals surface area contributed by atoms with Crippen LogP contribution in [0.2, 0.25) is 0 Å². The number of Topliss-reactive ketones (excluding diaryl/α,β-unsaturated/α-hetero) is 3. The Morgan fingerprint density at radius 2 is 1.60 bits per heavy atom. The number of nitrogens with zero attached hydrogens (tertiary/aromatic N) is 1. The van der Waals surface area contributed by atoms with Crippen LogP contribution in [0.3, 0.4) is 0 Å². The molecule has 12 heteroatoms. The number of rotatable bonds is 18. The molecule has 282 valence electrons. The van der Waals surface area contributed by atoms with Crippen LogP contribution in [0.5, 0.6) is 11.5 Å². The number of fused-ring (bicyclic) bond motifs is 5. The van der Waals surface area contributed by atoms with Gasteiger partial charge in [-0.25, -0.2) is 0 Å². The molecule has 0 saturated carbocycles. The summed E-state index contributed by atoms with van der Waals surface area (Å²) in [5, 5.41) is 2.90. The first-order chi connectivity index (χ1) is 24.9. The summed E-state index contributed by atoms with van der Waals surface area (Å²) in [6.45, 7) is 4.45. The van der Waals surface area contributed by atoms with Gasteiger partial charge in [0, 0.05) is 68.8 Å². The zero-order valence-electron chi connectivity index (χ0n) is 30.8. The summed E-state index contributed by atoms with van der Waals surface area (Å²) in [7, 11) is 1.55. The zero-order chi connectivity index (χ0) is 38.2. The molecule has 12 nitrogen and oxygen atoms in total. The fourth-order valence-corrected chi connectivity index (χ4v) is 6.51. The van der Waals surface area contributed by atoms with E-state index in [-0.39, 0.29) is 75.2 Å². The molecule has 52 heavy (non-hydrogen) atoms. The molecule has 1 aliphatic rings. The van der Waals surface area contributed by atoms with Crippen molar-refractivity contribution in [2.45, 2.75) is 83.7 Å². The lowest BCUT2D eigenvalue weighted by Gasteiger charge is -2.32. The number of nitrogens with two attached hydrogens (primary N) is 3. The smallest absolute Gasteiger partial charge is 0.226 e. The highest BCUT2D eigenvalue weighted by Gasteiger charge is 2.35. The van der Waals surface area contributed by atoms with Crippen molar-refractivity contribution in [3.8, 4) is 35.0 Å². The summed E-state index contributed by atoms with van der Waals surface area (Å²) in [5.74, 6) is 0.499. The van der Waals surface area contributed by atoms with E-state index in [1.807, 2.05) is 12.1 Å². The minimum atomic E-state index is -1.12. The first kappa shape index (κ1) is 41.8. The Labute approximate surface area is 307 Å². The molecular formula is C40H55N5O7. The van der Waals surface area contributed by atoms with Crippen LogP contribution >= 0.6 is 0 Å². The van der Waals surface area contributed by atoms with Crippen LogP contribution < -0.4 is 32.0 Å². The normalized spacial score (nSPS) is 18.0. The Morgan fingerprint density at radius 1 is 0.942 bits per heavy atom. The van der Waals surface area contributed by atoms with E-state index in [0.29, 0.717) is 66.8 Å². The number of benzene rings is 2. The number of ketones is 3. The van der Waals surface area contributed by atoms with Crippen LogP contribution in [-0.4, -0.2) is 80.0 Å². The summed E-state index contributed by atoms with van der Waals surface area (Å²) >= 11 is 0. The molecule has 0 aliphatic carbocycles. The minimum absolute atomic E-state index is 0.0238. The standard InChI is InChI=1S/C40H55N5O7/c1-5-6-7-11-34(47)33-24-28-12-14-36(51-19-17-42)31(23-28)32-25-29(13-15-37(32)52-20-18-43)38(35(48)21-26(2)39(49)44-33)45(4)40(50)30(22-27(3)46)10-8-9-16-41/h1,12-15,23,25-26,30,33,38H,6-11,16-22,24,41-43H2,2-4H3,(H,44,49)/t26-,30-,33+,38+/m1/s1.